The molecule has 1 fully saturated rings. The Labute approximate surface area is 130 Å². The van der Waals surface area contributed by atoms with Crippen molar-refractivity contribution in [3.05, 3.63) is 35.6 Å². The fourth-order valence-electron chi connectivity index (χ4n) is 2.81. The number of halogens is 1. The van der Waals surface area contributed by atoms with Gasteiger partial charge >= 0.3 is 0 Å². The third-order valence-electron chi connectivity index (χ3n) is 4.19. The fraction of sp³-hybridized carbons (Fsp3) is 0.438. The third kappa shape index (κ3) is 3.06. The van der Waals surface area contributed by atoms with Crippen molar-refractivity contribution in [3.8, 4) is 0 Å². The Kier molecular flexibility index (Phi) is 4.91. The van der Waals surface area contributed by atoms with Crippen LogP contribution in [0.5, 0.6) is 0 Å². The second-order valence-electron chi connectivity index (χ2n) is 5.60. The molecule has 2 unspecified atom stereocenters. The number of benzene rings is 1. The van der Waals surface area contributed by atoms with Gasteiger partial charge in [0.2, 0.25) is 0 Å². The summed E-state index contributed by atoms with van der Waals surface area (Å²) in [6, 6.07) is 7.92. The van der Waals surface area contributed by atoms with Crippen molar-refractivity contribution < 1.29 is 9.21 Å². The van der Waals surface area contributed by atoms with Crippen LogP contribution in [-0.4, -0.2) is 25.0 Å². The highest BCUT2D eigenvalue weighted by Gasteiger charge is 2.25. The number of amides is 1. The highest BCUT2D eigenvalue weighted by molar-refractivity contribution is 5.99. The predicted octanol–water partition coefficient (Wildman–Crippen LogP) is 2.89. The van der Waals surface area contributed by atoms with E-state index < -0.39 is 0 Å². The Morgan fingerprint density at radius 3 is 2.86 bits per heavy atom. The zero-order valence-electron chi connectivity index (χ0n) is 12.3. The van der Waals surface area contributed by atoms with Crippen molar-refractivity contribution in [2.45, 2.75) is 26.3 Å². The number of carbonyl (C=O) groups is 1. The zero-order chi connectivity index (χ0) is 14.1. The smallest absolute Gasteiger partial charge is 0.287 e. The van der Waals surface area contributed by atoms with Crippen LogP contribution in [0, 0.1) is 12.8 Å². The van der Waals surface area contributed by atoms with E-state index in [0.29, 0.717) is 11.7 Å². The number of carbonyl (C=O) groups excluding carboxylic acids is 1. The molecule has 5 heteroatoms. The molecule has 0 saturated carbocycles. The first-order valence-corrected chi connectivity index (χ1v) is 7.16. The number of para-hydroxylation sites is 1. The molecular weight excluding hydrogens is 288 g/mol. The molecule has 1 amide bonds. The first kappa shape index (κ1) is 15.9. The second kappa shape index (κ2) is 6.50. The van der Waals surface area contributed by atoms with Crippen LogP contribution in [0.2, 0.25) is 0 Å². The Balaban J connectivity index is 0.00000161. The van der Waals surface area contributed by atoms with Crippen LogP contribution in [0.15, 0.2) is 28.7 Å². The normalized spacial score (nSPS) is 21.8. The lowest BCUT2D eigenvalue weighted by Gasteiger charge is -2.29. The van der Waals surface area contributed by atoms with E-state index >= 15 is 0 Å². The van der Waals surface area contributed by atoms with Crippen molar-refractivity contribution in [1.29, 1.82) is 0 Å². The maximum absolute atomic E-state index is 12.4. The summed E-state index contributed by atoms with van der Waals surface area (Å²) < 4.78 is 5.70. The minimum Gasteiger partial charge on any atom is -0.451 e. The summed E-state index contributed by atoms with van der Waals surface area (Å²) in [4.78, 5) is 12.4. The van der Waals surface area contributed by atoms with Gasteiger partial charge in [-0.2, -0.15) is 0 Å². The summed E-state index contributed by atoms with van der Waals surface area (Å²) in [5, 5.41) is 7.42. The maximum atomic E-state index is 12.4. The van der Waals surface area contributed by atoms with Crippen LogP contribution in [0.3, 0.4) is 0 Å². The molecule has 0 aliphatic carbocycles. The van der Waals surface area contributed by atoms with E-state index in [1.54, 1.807) is 0 Å². The molecule has 3 rings (SSSR count). The van der Waals surface area contributed by atoms with Gasteiger partial charge in [0, 0.05) is 23.5 Å². The monoisotopic (exact) mass is 308 g/mol. The number of fused-ring (bicyclic) bond motifs is 1. The standard InChI is InChI=1S/C16H20N2O2.ClH/c1-10-7-8-17-9-13(10)18-16(19)15-11(2)12-5-3-4-6-14(12)20-15;/h3-6,10,13,17H,7-9H2,1-2H3,(H,18,19);1H. The van der Waals surface area contributed by atoms with E-state index in [-0.39, 0.29) is 24.4 Å². The number of aryl methyl sites for hydroxylation is 1. The molecule has 114 valence electrons. The Hall–Kier alpha value is -1.52. The number of rotatable bonds is 2. The topological polar surface area (TPSA) is 54.3 Å². The van der Waals surface area contributed by atoms with Gasteiger partial charge in [-0.15, -0.1) is 12.4 Å². The average Bonchev–Trinajstić information content (AvgIpc) is 2.79. The molecule has 2 N–H and O–H groups in total. The first-order chi connectivity index (χ1) is 9.66. The van der Waals surface area contributed by atoms with Crippen LogP contribution >= 0.6 is 12.4 Å². The first-order valence-electron chi connectivity index (χ1n) is 7.16. The van der Waals surface area contributed by atoms with Crippen LogP contribution < -0.4 is 10.6 Å². The van der Waals surface area contributed by atoms with Gasteiger partial charge in [-0.05, 0) is 31.9 Å². The Bertz CT molecular complexity index is 638. The molecule has 0 spiro atoms. The second-order valence-corrected chi connectivity index (χ2v) is 5.60. The quantitative estimate of drug-likeness (QED) is 0.897. The summed E-state index contributed by atoms with van der Waals surface area (Å²) >= 11 is 0. The minimum atomic E-state index is -0.112. The van der Waals surface area contributed by atoms with Crippen LogP contribution in [0.4, 0.5) is 0 Å². The van der Waals surface area contributed by atoms with Gasteiger partial charge in [0.05, 0.1) is 0 Å². The van der Waals surface area contributed by atoms with Crippen molar-refractivity contribution in [2.75, 3.05) is 13.1 Å². The van der Waals surface area contributed by atoms with Gasteiger partial charge in [-0.3, -0.25) is 4.79 Å². The molecule has 1 aromatic carbocycles. The molecule has 21 heavy (non-hydrogen) atoms. The van der Waals surface area contributed by atoms with Gasteiger partial charge < -0.3 is 15.1 Å². The summed E-state index contributed by atoms with van der Waals surface area (Å²) in [6.07, 6.45) is 1.09. The maximum Gasteiger partial charge on any atom is 0.287 e. The molecule has 2 aromatic rings. The molecular formula is C16H21ClN2O2. The zero-order valence-corrected chi connectivity index (χ0v) is 13.1. The van der Waals surface area contributed by atoms with Gasteiger partial charge in [0.15, 0.2) is 5.76 Å². The lowest BCUT2D eigenvalue weighted by molar-refractivity contribution is 0.0888. The third-order valence-corrected chi connectivity index (χ3v) is 4.19. The van der Waals surface area contributed by atoms with Crippen molar-refractivity contribution in [2.24, 2.45) is 5.92 Å². The van der Waals surface area contributed by atoms with E-state index in [1.807, 2.05) is 31.2 Å². The SMILES string of the molecule is Cc1c(C(=O)NC2CNCCC2C)oc2ccccc12.Cl. The van der Waals surface area contributed by atoms with Crippen LogP contribution in [0.1, 0.15) is 29.5 Å². The van der Waals surface area contributed by atoms with Gasteiger partial charge in [-0.25, -0.2) is 0 Å². The van der Waals surface area contributed by atoms with E-state index in [2.05, 4.69) is 17.6 Å². The minimum absolute atomic E-state index is 0. The van der Waals surface area contributed by atoms with E-state index in [1.165, 1.54) is 0 Å². The number of hydrogen-bond acceptors (Lipinski definition) is 3. The fourth-order valence-corrected chi connectivity index (χ4v) is 2.81. The number of hydrogen-bond donors (Lipinski definition) is 2. The summed E-state index contributed by atoms with van der Waals surface area (Å²) in [5.41, 5.74) is 1.68. The van der Waals surface area contributed by atoms with E-state index in [4.69, 9.17) is 4.42 Å². The lowest BCUT2D eigenvalue weighted by atomic mass is 9.94. The molecule has 1 aliphatic heterocycles. The Morgan fingerprint density at radius 1 is 1.38 bits per heavy atom. The molecule has 0 bridgehead atoms. The summed E-state index contributed by atoms with van der Waals surface area (Å²) in [7, 11) is 0. The van der Waals surface area contributed by atoms with Gasteiger partial charge in [-0.1, -0.05) is 25.1 Å². The highest BCUT2D eigenvalue weighted by Crippen LogP contribution is 2.25. The van der Waals surface area contributed by atoms with Crippen LogP contribution in [-0.2, 0) is 0 Å². The lowest BCUT2D eigenvalue weighted by Crippen LogP contribution is -2.50. The molecule has 1 aliphatic rings. The van der Waals surface area contributed by atoms with Crippen LogP contribution in [0.25, 0.3) is 11.0 Å². The molecule has 1 aromatic heterocycles. The summed E-state index contributed by atoms with van der Waals surface area (Å²) in [6.45, 7) is 5.96. The molecule has 2 atom stereocenters. The van der Waals surface area contributed by atoms with Crippen molar-refractivity contribution in [1.82, 2.24) is 10.6 Å². The summed E-state index contributed by atoms with van der Waals surface area (Å²) in [5.74, 6) is 0.813. The van der Waals surface area contributed by atoms with Crippen molar-refractivity contribution >= 4 is 29.3 Å². The van der Waals surface area contributed by atoms with Crippen molar-refractivity contribution in [3.63, 3.8) is 0 Å². The number of nitrogens with one attached hydrogen (secondary N) is 2. The molecule has 1 saturated heterocycles. The van der Waals surface area contributed by atoms with E-state index in [9.17, 15) is 4.79 Å². The van der Waals surface area contributed by atoms with Gasteiger partial charge in [0.25, 0.3) is 5.91 Å². The predicted molar refractivity (Wildman–Crippen MR) is 86.1 cm³/mol. The molecule has 4 nitrogen and oxygen atoms in total. The Morgan fingerprint density at radius 2 is 2.14 bits per heavy atom. The average molecular weight is 309 g/mol. The largest absolute Gasteiger partial charge is 0.451 e. The number of piperidine rings is 1. The molecule has 0 radical (unpaired) electrons. The number of furan rings is 1. The van der Waals surface area contributed by atoms with Gasteiger partial charge in [0.1, 0.15) is 5.58 Å². The molecule has 2 heterocycles. The van der Waals surface area contributed by atoms with E-state index in [0.717, 1.165) is 36.0 Å². The highest BCUT2D eigenvalue weighted by atomic mass is 35.5.